The standard InChI is InChI=1S/C17H21N3OS/c1-19(2)7-5-14-11-20(3)17(22)15-8-12-4-6-18-10-13(12)9-16(15)21-14/h4,6,8-10,14H,5,7,11H2,1-3H3. The first-order valence-electron chi connectivity index (χ1n) is 7.49. The van der Waals surface area contributed by atoms with Crippen LogP contribution in [0.3, 0.4) is 0 Å². The summed E-state index contributed by atoms with van der Waals surface area (Å²) in [6.45, 7) is 1.81. The first-order valence-corrected chi connectivity index (χ1v) is 7.90. The van der Waals surface area contributed by atoms with Gasteiger partial charge >= 0.3 is 0 Å². The number of pyridine rings is 1. The molecule has 2 aromatic rings. The highest BCUT2D eigenvalue weighted by Crippen LogP contribution is 2.30. The normalized spacial score (nSPS) is 18.3. The van der Waals surface area contributed by atoms with Crippen LogP contribution in [0.1, 0.15) is 12.0 Å². The Morgan fingerprint density at radius 1 is 1.36 bits per heavy atom. The van der Waals surface area contributed by atoms with E-state index < -0.39 is 0 Å². The molecule has 0 spiro atoms. The minimum atomic E-state index is 0.140. The Labute approximate surface area is 136 Å². The van der Waals surface area contributed by atoms with Crippen LogP contribution in [0.25, 0.3) is 10.8 Å². The average molecular weight is 315 g/mol. The maximum Gasteiger partial charge on any atom is 0.130 e. The zero-order valence-electron chi connectivity index (χ0n) is 13.2. The van der Waals surface area contributed by atoms with Gasteiger partial charge in [-0.15, -0.1) is 0 Å². The van der Waals surface area contributed by atoms with Crippen LogP contribution in [0.4, 0.5) is 0 Å². The zero-order chi connectivity index (χ0) is 15.7. The molecule has 0 saturated carbocycles. The van der Waals surface area contributed by atoms with E-state index in [0.717, 1.165) is 46.6 Å². The highest BCUT2D eigenvalue weighted by Gasteiger charge is 2.24. The Kier molecular flexibility index (Phi) is 4.27. The van der Waals surface area contributed by atoms with Crippen LogP contribution < -0.4 is 4.74 Å². The van der Waals surface area contributed by atoms with Crippen molar-refractivity contribution in [2.75, 3.05) is 34.2 Å². The van der Waals surface area contributed by atoms with Crippen molar-refractivity contribution in [3.05, 3.63) is 36.2 Å². The van der Waals surface area contributed by atoms with E-state index in [1.807, 2.05) is 19.3 Å². The van der Waals surface area contributed by atoms with Crippen LogP contribution in [0.5, 0.6) is 5.75 Å². The van der Waals surface area contributed by atoms with Crippen LogP contribution in [0, 0.1) is 0 Å². The molecule has 1 aromatic heterocycles. The molecule has 3 rings (SSSR count). The molecule has 1 aromatic carbocycles. The van der Waals surface area contributed by atoms with E-state index in [2.05, 4.69) is 41.0 Å². The number of hydrogen-bond acceptors (Lipinski definition) is 4. The van der Waals surface area contributed by atoms with Gasteiger partial charge in [-0.25, -0.2) is 0 Å². The predicted octanol–water partition coefficient (Wildman–Crippen LogP) is 2.55. The lowest BCUT2D eigenvalue weighted by Gasteiger charge is -2.23. The van der Waals surface area contributed by atoms with Crippen molar-refractivity contribution in [3.63, 3.8) is 0 Å². The summed E-state index contributed by atoms with van der Waals surface area (Å²) in [5.74, 6) is 0.874. The molecule has 1 atom stereocenters. The van der Waals surface area contributed by atoms with E-state index in [1.54, 1.807) is 6.20 Å². The Balaban J connectivity index is 1.98. The number of likely N-dealkylation sites (N-methyl/N-ethyl adjacent to an activating group) is 1. The average Bonchev–Trinajstić information content (AvgIpc) is 2.61. The monoisotopic (exact) mass is 315 g/mol. The minimum Gasteiger partial charge on any atom is -0.488 e. The Bertz CT molecular complexity index is 701. The minimum absolute atomic E-state index is 0.140. The molecule has 22 heavy (non-hydrogen) atoms. The van der Waals surface area contributed by atoms with Gasteiger partial charge in [0.25, 0.3) is 0 Å². The van der Waals surface area contributed by atoms with E-state index in [-0.39, 0.29) is 6.10 Å². The van der Waals surface area contributed by atoms with Crippen molar-refractivity contribution in [2.24, 2.45) is 0 Å². The van der Waals surface area contributed by atoms with Gasteiger partial charge in [-0.05, 0) is 44.1 Å². The van der Waals surface area contributed by atoms with Crippen LogP contribution in [-0.2, 0) is 0 Å². The summed E-state index contributed by atoms with van der Waals surface area (Å²) >= 11 is 5.64. The van der Waals surface area contributed by atoms with Gasteiger partial charge in [0.1, 0.15) is 16.8 Å². The molecule has 0 bridgehead atoms. The third-order valence-electron chi connectivity index (χ3n) is 3.99. The van der Waals surface area contributed by atoms with Crippen LogP contribution in [0.15, 0.2) is 30.6 Å². The topological polar surface area (TPSA) is 28.6 Å². The Hall–Kier alpha value is -1.72. The fourth-order valence-corrected chi connectivity index (χ4v) is 2.98. The SMILES string of the molecule is CN(C)CCC1CN(C)C(=S)c2cc3ccncc3cc2O1. The summed E-state index contributed by atoms with van der Waals surface area (Å²) < 4.78 is 6.27. The lowest BCUT2D eigenvalue weighted by Crippen LogP contribution is -2.35. The molecule has 116 valence electrons. The van der Waals surface area contributed by atoms with Crippen molar-refractivity contribution in [3.8, 4) is 5.75 Å². The smallest absolute Gasteiger partial charge is 0.130 e. The highest BCUT2D eigenvalue weighted by atomic mass is 32.1. The van der Waals surface area contributed by atoms with Gasteiger partial charge in [-0.3, -0.25) is 4.98 Å². The number of hydrogen-bond donors (Lipinski definition) is 0. The number of nitrogens with zero attached hydrogens (tertiary/aromatic N) is 3. The summed E-state index contributed by atoms with van der Waals surface area (Å²) in [6.07, 6.45) is 4.79. The van der Waals surface area contributed by atoms with Gasteiger partial charge in [0.05, 0.1) is 12.1 Å². The Morgan fingerprint density at radius 3 is 2.95 bits per heavy atom. The number of rotatable bonds is 3. The van der Waals surface area contributed by atoms with Gasteiger partial charge in [0, 0.05) is 31.4 Å². The second-order valence-corrected chi connectivity index (χ2v) is 6.48. The molecule has 4 nitrogen and oxygen atoms in total. The third-order valence-corrected chi connectivity index (χ3v) is 4.52. The fourth-order valence-electron chi connectivity index (χ4n) is 2.74. The van der Waals surface area contributed by atoms with E-state index in [9.17, 15) is 0 Å². The van der Waals surface area contributed by atoms with Crippen LogP contribution in [0.2, 0.25) is 0 Å². The molecule has 0 saturated heterocycles. The lowest BCUT2D eigenvalue weighted by atomic mass is 10.1. The van der Waals surface area contributed by atoms with Gasteiger partial charge in [0.2, 0.25) is 0 Å². The Morgan fingerprint density at radius 2 is 2.18 bits per heavy atom. The molecule has 1 aliphatic heterocycles. The maximum atomic E-state index is 6.27. The molecular formula is C17H21N3OS. The lowest BCUT2D eigenvalue weighted by molar-refractivity contribution is 0.160. The molecule has 1 aliphatic rings. The zero-order valence-corrected chi connectivity index (χ0v) is 14.1. The van der Waals surface area contributed by atoms with Gasteiger partial charge in [-0.1, -0.05) is 12.2 Å². The summed E-state index contributed by atoms with van der Waals surface area (Å²) in [5.41, 5.74) is 1.00. The number of benzene rings is 1. The largest absolute Gasteiger partial charge is 0.488 e. The molecular weight excluding hydrogens is 294 g/mol. The molecule has 0 fully saturated rings. The maximum absolute atomic E-state index is 6.27. The predicted molar refractivity (Wildman–Crippen MR) is 93.7 cm³/mol. The van der Waals surface area contributed by atoms with Gasteiger partial charge in [0.15, 0.2) is 0 Å². The molecule has 0 N–H and O–H groups in total. The van der Waals surface area contributed by atoms with Crippen molar-refractivity contribution < 1.29 is 4.74 Å². The molecule has 1 unspecified atom stereocenters. The van der Waals surface area contributed by atoms with E-state index in [0.29, 0.717) is 0 Å². The number of thiocarbonyl (C=S) groups is 1. The van der Waals surface area contributed by atoms with E-state index >= 15 is 0 Å². The fraction of sp³-hybridized carbons (Fsp3) is 0.412. The second-order valence-electron chi connectivity index (χ2n) is 6.09. The highest BCUT2D eigenvalue weighted by molar-refractivity contribution is 7.80. The number of ether oxygens (including phenoxy) is 1. The summed E-state index contributed by atoms with van der Waals surface area (Å²) in [4.78, 5) is 9.34. The molecule has 2 heterocycles. The number of fused-ring (bicyclic) bond motifs is 2. The van der Waals surface area contributed by atoms with E-state index in [4.69, 9.17) is 17.0 Å². The molecule has 0 aliphatic carbocycles. The van der Waals surface area contributed by atoms with Crippen molar-refractivity contribution in [1.29, 1.82) is 0 Å². The third kappa shape index (κ3) is 3.05. The van der Waals surface area contributed by atoms with Crippen molar-refractivity contribution >= 4 is 28.0 Å². The van der Waals surface area contributed by atoms with Crippen molar-refractivity contribution in [1.82, 2.24) is 14.8 Å². The molecule has 0 radical (unpaired) electrons. The second kappa shape index (κ2) is 6.18. The van der Waals surface area contributed by atoms with Crippen LogP contribution >= 0.6 is 12.2 Å². The quantitative estimate of drug-likeness (QED) is 0.812. The molecule has 0 amide bonds. The van der Waals surface area contributed by atoms with Gasteiger partial charge in [-0.2, -0.15) is 0 Å². The first kappa shape index (κ1) is 15.2. The summed E-state index contributed by atoms with van der Waals surface area (Å²) in [7, 11) is 6.20. The first-order chi connectivity index (χ1) is 10.5. The van der Waals surface area contributed by atoms with Gasteiger partial charge < -0.3 is 14.5 Å². The van der Waals surface area contributed by atoms with E-state index in [1.165, 1.54) is 0 Å². The molecule has 5 heteroatoms. The summed E-state index contributed by atoms with van der Waals surface area (Å²) in [6, 6.07) is 6.18. The van der Waals surface area contributed by atoms with Crippen molar-refractivity contribution in [2.45, 2.75) is 12.5 Å². The van der Waals surface area contributed by atoms with Crippen LogP contribution in [-0.4, -0.2) is 60.1 Å². The summed E-state index contributed by atoms with van der Waals surface area (Å²) in [5, 5.41) is 2.22. The number of aromatic nitrogens is 1.